The van der Waals surface area contributed by atoms with Crippen LogP contribution in [-0.4, -0.2) is 49.4 Å². The summed E-state index contributed by atoms with van der Waals surface area (Å²) in [5, 5.41) is 3.35. The number of hydrogen-bond acceptors (Lipinski definition) is 3. The highest BCUT2D eigenvalue weighted by molar-refractivity contribution is 5.96. The third-order valence-corrected chi connectivity index (χ3v) is 9.36. The van der Waals surface area contributed by atoms with Crippen molar-refractivity contribution >= 4 is 17.5 Å². The Bertz CT molecular complexity index is 1620. The fraction of sp³-hybridized carbons (Fsp3) is 0.412. The molecule has 13 heteroatoms. The number of anilines is 1. The largest absolute Gasteiger partial charge is 0.416 e. The normalized spacial score (nSPS) is 18.3. The van der Waals surface area contributed by atoms with Crippen LogP contribution in [0.3, 0.4) is 0 Å². The highest BCUT2D eigenvalue weighted by Crippen LogP contribution is 2.52. The van der Waals surface area contributed by atoms with E-state index in [-0.39, 0.29) is 36.5 Å². The minimum Gasteiger partial charge on any atom is -0.341 e. The number of piperidine rings is 1. The van der Waals surface area contributed by atoms with Crippen LogP contribution in [0.5, 0.6) is 0 Å². The maximum Gasteiger partial charge on any atom is 0.416 e. The summed E-state index contributed by atoms with van der Waals surface area (Å²) in [6.45, 7) is 2.64. The molecule has 1 fully saturated rings. The number of para-hydroxylation sites is 1. The molecule has 2 aliphatic heterocycles. The lowest BCUT2D eigenvalue weighted by Gasteiger charge is -2.42. The molecule has 3 aromatic carbocycles. The van der Waals surface area contributed by atoms with Crippen LogP contribution in [0.2, 0.25) is 0 Å². The van der Waals surface area contributed by atoms with Crippen molar-refractivity contribution in [3.63, 3.8) is 0 Å². The minimum absolute atomic E-state index is 0.0577. The average Bonchev–Trinajstić information content (AvgIpc) is 3.28. The van der Waals surface area contributed by atoms with Crippen LogP contribution in [0.4, 0.5) is 40.8 Å². The second kappa shape index (κ2) is 12.9. The number of amides is 2. The Balaban J connectivity index is 1.48. The second-order valence-electron chi connectivity index (χ2n) is 12.3. The lowest BCUT2D eigenvalue weighted by Crippen LogP contribution is -2.51. The van der Waals surface area contributed by atoms with Gasteiger partial charge in [0.2, 0.25) is 5.91 Å². The molecule has 2 heterocycles. The summed E-state index contributed by atoms with van der Waals surface area (Å²) in [5.74, 6) is -4.27. The fourth-order valence-corrected chi connectivity index (χ4v) is 7.17. The number of nitrogens with one attached hydrogen (secondary N) is 1. The molecule has 1 spiro atoms. The molecule has 2 amide bonds. The molecule has 5 rings (SSSR count). The topological polar surface area (TPSA) is 52.7 Å². The smallest absolute Gasteiger partial charge is 0.341 e. The Morgan fingerprint density at radius 2 is 1.53 bits per heavy atom. The molecule has 0 aromatic heterocycles. The van der Waals surface area contributed by atoms with Crippen molar-refractivity contribution in [2.75, 3.05) is 31.6 Å². The number of nitrogens with zero attached hydrogens (tertiary/aromatic N) is 2. The molecule has 2 aliphatic rings. The highest BCUT2D eigenvalue weighted by Gasteiger charge is 2.52. The monoisotopic (exact) mass is 667 g/mol. The first kappa shape index (κ1) is 34.3. The van der Waals surface area contributed by atoms with Crippen molar-refractivity contribution in [3.8, 4) is 0 Å². The number of benzene rings is 3. The Hall–Kier alpha value is -4.00. The standard InChI is InChI=1S/C34H33F8N3O2/c1-20(46)45-29-6-4-3-5-26(29)32(11-13-43-14-12-32)30(45)10-8-22(21-7-9-27(35)28(36)17-21)19-44(2)31(47)23-15-24(33(37,38)39)18-25(16-23)34(40,41)42/h3-7,9,15-18,22,30,43H,8,10-14,19H2,1-2H3/t22-,30?/m1/s1. The number of alkyl halides is 6. The zero-order valence-corrected chi connectivity index (χ0v) is 25.6. The van der Waals surface area contributed by atoms with E-state index in [4.69, 9.17) is 0 Å². The van der Waals surface area contributed by atoms with Gasteiger partial charge in [0.25, 0.3) is 5.91 Å². The minimum atomic E-state index is -5.14. The molecular formula is C34H33F8N3O2. The molecule has 3 aromatic rings. The van der Waals surface area contributed by atoms with E-state index < -0.39 is 57.9 Å². The average molecular weight is 668 g/mol. The van der Waals surface area contributed by atoms with Crippen molar-refractivity contribution < 1.29 is 44.7 Å². The summed E-state index contributed by atoms with van der Waals surface area (Å²) >= 11 is 0. The third kappa shape index (κ3) is 6.86. The summed E-state index contributed by atoms with van der Waals surface area (Å²) in [7, 11) is 1.23. The second-order valence-corrected chi connectivity index (χ2v) is 12.3. The predicted octanol–water partition coefficient (Wildman–Crippen LogP) is 7.69. The van der Waals surface area contributed by atoms with E-state index in [1.807, 2.05) is 24.3 Å². The SMILES string of the molecule is CC(=O)N1c2ccccc2C2(CCNCC2)C1CC[C@H](CN(C)C(=O)c1cc(C(F)(F)F)cc(C(F)(F)F)c1)c1ccc(F)c(F)c1. The van der Waals surface area contributed by atoms with Crippen LogP contribution in [0.15, 0.2) is 60.7 Å². The van der Waals surface area contributed by atoms with E-state index in [9.17, 15) is 44.7 Å². The summed E-state index contributed by atoms with van der Waals surface area (Å²) < 4.78 is 109. The summed E-state index contributed by atoms with van der Waals surface area (Å²) in [5.41, 5.74) is -2.37. The van der Waals surface area contributed by atoms with E-state index in [1.54, 1.807) is 4.90 Å². The van der Waals surface area contributed by atoms with E-state index in [1.165, 1.54) is 20.0 Å². The molecule has 1 unspecified atom stereocenters. The summed E-state index contributed by atoms with van der Waals surface area (Å²) in [4.78, 5) is 29.2. The van der Waals surface area contributed by atoms with Crippen LogP contribution in [0, 0.1) is 11.6 Å². The number of hydrogen-bond donors (Lipinski definition) is 1. The zero-order valence-electron chi connectivity index (χ0n) is 25.6. The van der Waals surface area contributed by atoms with Gasteiger partial charge in [0, 0.05) is 49.1 Å². The highest BCUT2D eigenvalue weighted by atomic mass is 19.4. The maximum atomic E-state index is 14.5. The van der Waals surface area contributed by atoms with Crippen LogP contribution < -0.4 is 10.2 Å². The predicted molar refractivity (Wildman–Crippen MR) is 159 cm³/mol. The van der Waals surface area contributed by atoms with Gasteiger partial charge < -0.3 is 15.1 Å². The van der Waals surface area contributed by atoms with Gasteiger partial charge in [0.05, 0.1) is 11.1 Å². The van der Waals surface area contributed by atoms with Crippen LogP contribution in [-0.2, 0) is 22.6 Å². The first-order valence-electron chi connectivity index (χ1n) is 15.1. The van der Waals surface area contributed by atoms with Crippen LogP contribution in [0.25, 0.3) is 0 Å². The van der Waals surface area contributed by atoms with Crippen molar-refractivity contribution in [1.82, 2.24) is 10.2 Å². The summed E-state index contributed by atoms with van der Waals surface area (Å²) in [6.07, 6.45) is -8.24. The first-order valence-corrected chi connectivity index (χ1v) is 15.1. The third-order valence-electron chi connectivity index (χ3n) is 9.36. The fourth-order valence-electron chi connectivity index (χ4n) is 7.17. The first-order chi connectivity index (χ1) is 22.0. The van der Waals surface area contributed by atoms with Gasteiger partial charge in [-0.3, -0.25) is 9.59 Å². The number of carbonyl (C=O) groups excluding carboxylic acids is 2. The molecule has 1 N–H and O–H groups in total. The van der Waals surface area contributed by atoms with Crippen LogP contribution >= 0.6 is 0 Å². The van der Waals surface area contributed by atoms with Crippen molar-refractivity contribution in [1.29, 1.82) is 0 Å². The summed E-state index contributed by atoms with van der Waals surface area (Å²) in [6, 6.07) is 11.2. The van der Waals surface area contributed by atoms with Gasteiger partial charge >= 0.3 is 12.4 Å². The molecule has 0 saturated carbocycles. The van der Waals surface area contributed by atoms with E-state index in [0.29, 0.717) is 31.6 Å². The van der Waals surface area contributed by atoms with Gasteiger partial charge in [-0.15, -0.1) is 0 Å². The van der Waals surface area contributed by atoms with Gasteiger partial charge in [-0.25, -0.2) is 8.78 Å². The van der Waals surface area contributed by atoms with Gasteiger partial charge in [0.15, 0.2) is 11.6 Å². The molecule has 252 valence electrons. The Morgan fingerprint density at radius 1 is 0.915 bits per heavy atom. The quantitative estimate of drug-likeness (QED) is 0.263. The molecule has 2 atom stereocenters. The van der Waals surface area contributed by atoms with Gasteiger partial charge in [-0.2, -0.15) is 26.3 Å². The molecule has 47 heavy (non-hydrogen) atoms. The molecule has 0 aliphatic carbocycles. The van der Waals surface area contributed by atoms with E-state index in [0.717, 1.165) is 41.1 Å². The van der Waals surface area contributed by atoms with Gasteiger partial charge in [0.1, 0.15) is 0 Å². The maximum absolute atomic E-state index is 14.5. The van der Waals surface area contributed by atoms with Crippen molar-refractivity contribution in [2.45, 2.75) is 62.3 Å². The van der Waals surface area contributed by atoms with Crippen LogP contribution in [0.1, 0.15) is 71.1 Å². The molecule has 1 saturated heterocycles. The number of rotatable bonds is 7. The number of carbonyl (C=O) groups is 2. The molecule has 0 bridgehead atoms. The van der Waals surface area contributed by atoms with Crippen molar-refractivity contribution in [2.24, 2.45) is 0 Å². The molecule has 5 nitrogen and oxygen atoms in total. The Labute approximate surface area is 266 Å². The lowest BCUT2D eigenvalue weighted by molar-refractivity contribution is -0.143. The lowest BCUT2D eigenvalue weighted by atomic mass is 9.68. The van der Waals surface area contributed by atoms with Gasteiger partial charge in [-0.1, -0.05) is 24.3 Å². The van der Waals surface area contributed by atoms with E-state index >= 15 is 0 Å². The Morgan fingerprint density at radius 3 is 2.11 bits per heavy atom. The van der Waals surface area contributed by atoms with E-state index in [2.05, 4.69) is 5.32 Å². The number of fused-ring (bicyclic) bond motifs is 2. The van der Waals surface area contributed by atoms with Crippen molar-refractivity contribution in [3.05, 3.63) is 100 Å². The van der Waals surface area contributed by atoms with Gasteiger partial charge in [-0.05, 0) is 86.3 Å². The number of likely N-dealkylation sites (N-methyl/N-ethyl adjacent to an activating group) is 1. The molecular weight excluding hydrogens is 634 g/mol. The zero-order chi connectivity index (χ0) is 34.3. The molecule has 0 radical (unpaired) electrons. The Kier molecular flexibility index (Phi) is 9.42. The number of halogens is 8.